The van der Waals surface area contributed by atoms with E-state index in [1.807, 2.05) is 0 Å². The minimum Gasteiger partial charge on any atom is -0.455 e. The van der Waals surface area contributed by atoms with Crippen molar-refractivity contribution in [2.75, 3.05) is 19.6 Å². The Balaban J connectivity index is 1.50. The number of halogens is 1. The Morgan fingerprint density at radius 2 is 1.09 bits per heavy atom. The fourth-order valence-corrected chi connectivity index (χ4v) is 6.86. The van der Waals surface area contributed by atoms with Crippen LogP contribution in [-0.2, 0) is 42.8 Å². The fourth-order valence-electron chi connectivity index (χ4n) is 6.86. The number of pyridine rings is 1. The van der Waals surface area contributed by atoms with Crippen LogP contribution in [-0.4, -0.2) is 120 Å². The number of ether oxygens (including phenoxy) is 8. The molecule has 3 N–H and O–H groups in total. The van der Waals surface area contributed by atoms with Gasteiger partial charge < -0.3 is 53.8 Å². The largest absolute Gasteiger partial charge is 0.455 e. The number of hydrogen-bond acceptors (Lipinski definition) is 17. The predicted octanol–water partition coefficient (Wildman–Crippen LogP) is 5.95. The summed E-state index contributed by atoms with van der Waals surface area (Å²) in [5.41, 5.74) is -3.26. The van der Waals surface area contributed by atoms with E-state index in [2.05, 4.69) is 20.9 Å². The molecule has 1 aliphatic heterocycles. The van der Waals surface area contributed by atoms with Gasteiger partial charge in [-0.1, -0.05) is 30.3 Å². The van der Waals surface area contributed by atoms with E-state index in [4.69, 9.17) is 37.9 Å². The summed E-state index contributed by atoms with van der Waals surface area (Å²) in [4.78, 5) is 110. The minimum absolute atomic E-state index is 0.0342. The fraction of sp³-hybridized carbons (Fsp3) is 0.511. The van der Waals surface area contributed by atoms with Crippen molar-refractivity contribution in [3.8, 4) is 11.5 Å². The molecule has 2 aromatic carbocycles. The number of aromatic nitrogens is 1. The van der Waals surface area contributed by atoms with E-state index in [1.54, 1.807) is 68.4 Å². The van der Waals surface area contributed by atoms with Gasteiger partial charge in [-0.25, -0.2) is 18.8 Å². The molecule has 1 aliphatic carbocycles. The minimum atomic E-state index is -2.51. The summed E-state index contributed by atoms with van der Waals surface area (Å²) in [5.74, 6) is -5.56. The third kappa shape index (κ3) is 13.8. The van der Waals surface area contributed by atoms with Crippen LogP contribution in [0.15, 0.2) is 42.6 Å². The van der Waals surface area contributed by atoms with Crippen LogP contribution in [0.25, 0.3) is 10.9 Å². The number of carbonyl (C=O) groups excluding carboxylic acids is 8. The highest BCUT2D eigenvalue weighted by Crippen LogP contribution is 2.47. The second kappa shape index (κ2) is 21.4. The van der Waals surface area contributed by atoms with Gasteiger partial charge in [0, 0.05) is 47.9 Å². The zero-order valence-corrected chi connectivity index (χ0v) is 39.5. The van der Waals surface area contributed by atoms with Gasteiger partial charge in [0.2, 0.25) is 12.5 Å². The molecule has 1 fully saturated rings. The molecule has 0 unspecified atom stereocenters. The highest BCUT2D eigenvalue weighted by atomic mass is 19.1. The van der Waals surface area contributed by atoms with Gasteiger partial charge in [-0.15, -0.1) is 0 Å². The van der Waals surface area contributed by atoms with E-state index in [9.17, 15) is 38.4 Å². The van der Waals surface area contributed by atoms with Crippen LogP contribution >= 0.6 is 0 Å². The lowest BCUT2D eigenvalue weighted by molar-refractivity contribution is -0.262. The zero-order valence-electron chi connectivity index (χ0n) is 39.5. The summed E-state index contributed by atoms with van der Waals surface area (Å²) >= 11 is 0. The maximum atomic E-state index is 17.2. The second-order valence-electron chi connectivity index (χ2n) is 18.7. The maximum absolute atomic E-state index is 17.2. The summed E-state index contributed by atoms with van der Waals surface area (Å²) in [6, 6.07) is 8.91. The highest BCUT2D eigenvalue weighted by molar-refractivity contribution is 6.33. The van der Waals surface area contributed by atoms with E-state index >= 15 is 4.39 Å². The first-order valence-electron chi connectivity index (χ1n) is 21.8. The number of carbonyl (C=O) groups is 8. The third-order valence-corrected chi connectivity index (χ3v) is 9.53. The number of benzene rings is 2. The van der Waals surface area contributed by atoms with Crippen LogP contribution < -0.4 is 25.4 Å². The van der Waals surface area contributed by atoms with Crippen LogP contribution in [0, 0.1) is 0 Å². The molecule has 3 amide bonds. The monoisotopic (exact) mass is 952 g/mol. The standard InChI is InChI=1S/C47H57FN4O16/c1-24-37(62-28(53)17-21-50-42(58)66-45(2,3)4)39(64-30(55)19-23-52-44(60)68-47(8,9)10)33(48)41(61-24)65-40-34-27(16-13-20-49-34)31-32(36(57)26-15-12-11-14-25(26)35(31)56)38(40)63-29(54)18-22-51-43(59)67-46(5,6)7/h11-16,20,24,33,37,39,41H,17-19,21-23H2,1-10H3,(H,50,58)(H,51,59)(H,52,60)/t24-,33-,37+,39-,41+/m0/s1. The first kappa shape index (κ1) is 52.1. The number of fused-ring (bicyclic) bond motifs is 4. The van der Waals surface area contributed by atoms with Crippen molar-refractivity contribution in [2.24, 2.45) is 0 Å². The first-order valence-corrected chi connectivity index (χ1v) is 21.8. The molecule has 2 heterocycles. The van der Waals surface area contributed by atoms with Crippen molar-refractivity contribution >= 4 is 58.7 Å². The van der Waals surface area contributed by atoms with Crippen molar-refractivity contribution in [3.63, 3.8) is 0 Å². The first-order chi connectivity index (χ1) is 31.7. The molecule has 5 atom stereocenters. The number of amides is 3. The van der Waals surface area contributed by atoms with Gasteiger partial charge in [0.25, 0.3) is 0 Å². The molecule has 368 valence electrons. The van der Waals surface area contributed by atoms with Gasteiger partial charge in [0.15, 0.2) is 35.3 Å². The molecule has 1 aromatic heterocycles. The maximum Gasteiger partial charge on any atom is 0.407 e. The molecule has 0 saturated carbocycles. The topological polar surface area (TPSA) is 259 Å². The molecule has 3 aromatic rings. The van der Waals surface area contributed by atoms with E-state index in [0.29, 0.717) is 0 Å². The smallest absolute Gasteiger partial charge is 0.407 e. The number of rotatable bonds is 14. The molecule has 0 bridgehead atoms. The third-order valence-electron chi connectivity index (χ3n) is 9.53. The van der Waals surface area contributed by atoms with Gasteiger partial charge in [-0.3, -0.25) is 29.0 Å². The Morgan fingerprint density at radius 3 is 1.57 bits per heavy atom. The van der Waals surface area contributed by atoms with Crippen LogP contribution in [0.1, 0.15) is 120 Å². The number of ketones is 2. The molecule has 1 saturated heterocycles. The van der Waals surface area contributed by atoms with Gasteiger partial charge in [0.05, 0.1) is 30.9 Å². The summed E-state index contributed by atoms with van der Waals surface area (Å²) in [7, 11) is 0. The van der Waals surface area contributed by atoms with Crippen molar-refractivity contribution in [3.05, 3.63) is 64.8 Å². The van der Waals surface area contributed by atoms with Crippen LogP contribution in [0.3, 0.4) is 0 Å². The molecule has 68 heavy (non-hydrogen) atoms. The van der Waals surface area contributed by atoms with E-state index < -0.39 is 132 Å². The lowest BCUT2D eigenvalue weighted by Gasteiger charge is -2.41. The van der Waals surface area contributed by atoms with Gasteiger partial charge in [0.1, 0.15) is 22.3 Å². The number of hydrogen-bond donors (Lipinski definition) is 3. The quantitative estimate of drug-likeness (QED) is 0.0750. The van der Waals surface area contributed by atoms with Gasteiger partial charge in [-0.05, 0) is 75.3 Å². The Hall–Kier alpha value is -6.90. The normalized spacial score (nSPS) is 19.1. The number of nitrogens with zero attached hydrogens (tertiary/aromatic N) is 1. The van der Waals surface area contributed by atoms with Crippen molar-refractivity contribution < 1.29 is 80.6 Å². The molecule has 2 aliphatic rings. The van der Waals surface area contributed by atoms with Gasteiger partial charge >= 0.3 is 36.2 Å². The zero-order chi connectivity index (χ0) is 50.3. The van der Waals surface area contributed by atoms with Gasteiger partial charge in [-0.2, -0.15) is 0 Å². The molecular weight excluding hydrogens is 896 g/mol. The van der Waals surface area contributed by atoms with E-state index in [1.165, 1.54) is 43.5 Å². The van der Waals surface area contributed by atoms with Crippen LogP contribution in [0.2, 0.25) is 0 Å². The van der Waals surface area contributed by atoms with E-state index in [0.717, 1.165) is 0 Å². The Morgan fingerprint density at radius 1 is 0.632 bits per heavy atom. The molecule has 20 nitrogen and oxygen atoms in total. The molecular formula is C47H57FN4O16. The van der Waals surface area contributed by atoms with Crippen LogP contribution in [0.4, 0.5) is 18.8 Å². The lowest BCUT2D eigenvalue weighted by Crippen LogP contribution is -2.59. The average molecular weight is 953 g/mol. The van der Waals surface area contributed by atoms with Crippen molar-refractivity contribution in [1.29, 1.82) is 0 Å². The number of nitrogens with one attached hydrogen (secondary N) is 3. The SMILES string of the molecule is C[C@@H]1O[C@H](Oc2c(OC(=O)CCNC(=O)OC(C)(C)C)c3c(c4cccnc24)C(=O)c2ccccc2C3=O)[C@@H](F)[C@H](OC(=O)CCNC(=O)OC(C)(C)C)[C@@H]1OC(=O)CCNC(=O)OC(C)(C)C. The number of alkyl halides is 1. The number of esters is 3. The van der Waals surface area contributed by atoms with Crippen molar-refractivity contribution in [1.82, 2.24) is 20.9 Å². The summed E-state index contributed by atoms with van der Waals surface area (Å²) in [6.45, 7) is 15.3. The Kier molecular flexibility index (Phi) is 16.4. The Labute approximate surface area is 391 Å². The molecule has 5 rings (SSSR count). The Bertz CT molecular complexity index is 2440. The highest BCUT2D eigenvalue weighted by Gasteiger charge is 2.51. The summed E-state index contributed by atoms with van der Waals surface area (Å²) < 4.78 is 62.0. The lowest BCUT2D eigenvalue weighted by atomic mass is 9.81. The molecule has 0 spiro atoms. The van der Waals surface area contributed by atoms with Crippen molar-refractivity contribution in [2.45, 2.75) is 136 Å². The summed E-state index contributed by atoms with van der Waals surface area (Å²) in [5, 5.41) is 7.30. The average Bonchev–Trinajstić information content (AvgIpc) is 3.21. The van der Waals surface area contributed by atoms with E-state index in [-0.39, 0.29) is 47.2 Å². The second-order valence-corrected chi connectivity index (χ2v) is 18.7. The number of alkyl carbamates (subject to hydrolysis) is 3. The predicted molar refractivity (Wildman–Crippen MR) is 237 cm³/mol. The molecule has 21 heteroatoms. The summed E-state index contributed by atoms with van der Waals surface area (Å²) in [6.07, 6.45) is -12.1. The van der Waals surface area contributed by atoms with Crippen LogP contribution in [0.5, 0.6) is 11.5 Å². The molecule has 0 radical (unpaired) electrons.